The van der Waals surface area contributed by atoms with E-state index in [1.807, 2.05) is 31.2 Å². The van der Waals surface area contributed by atoms with Gasteiger partial charge in [0.2, 0.25) is 0 Å². The number of halogens is 2. The average molecular weight is 410 g/mol. The molecule has 1 aliphatic rings. The minimum Gasteiger partial charge on any atom is -0.493 e. The number of ketones is 1. The lowest BCUT2D eigenvalue weighted by Gasteiger charge is -2.09. The van der Waals surface area contributed by atoms with E-state index in [9.17, 15) is 4.79 Å². The van der Waals surface area contributed by atoms with Crippen molar-refractivity contribution in [2.45, 2.75) is 19.8 Å². The van der Waals surface area contributed by atoms with Crippen LogP contribution < -0.4 is 4.74 Å². The summed E-state index contributed by atoms with van der Waals surface area (Å²) in [4.78, 5) is 12.5. The zero-order valence-electron chi connectivity index (χ0n) is 11.6. The van der Waals surface area contributed by atoms with Crippen molar-refractivity contribution >= 4 is 37.6 Å². The van der Waals surface area contributed by atoms with Crippen LogP contribution in [0.15, 0.2) is 39.3 Å². The van der Waals surface area contributed by atoms with Crippen LogP contribution in [0, 0.1) is 6.92 Å². The van der Waals surface area contributed by atoms with Crippen LogP contribution in [-0.2, 0) is 12.8 Å². The summed E-state index contributed by atoms with van der Waals surface area (Å²) in [5.74, 6) is 0.994. The summed E-state index contributed by atoms with van der Waals surface area (Å²) in [6.07, 6.45) is 1.27. The zero-order chi connectivity index (χ0) is 15.0. The van der Waals surface area contributed by atoms with Gasteiger partial charge in [0.05, 0.1) is 6.61 Å². The van der Waals surface area contributed by atoms with Gasteiger partial charge in [0.1, 0.15) is 5.75 Å². The summed E-state index contributed by atoms with van der Waals surface area (Å²) in [5, 5.41) is 0. The van der Waals surface area contributed by atoms with Gasteiger partial charge in [-0.2, -0.15) is 0 Å². The fourth-order valence-electron chi connectivity index (χ4n) is 2.65. The van der Waals surface area contributed by atoms with E-state index in [0.29, 0.717) is 13.0 Å². The van der Waals surface area contributed by atoms with Crippen LogP contribution in [0.1, 0.15) is 27.0 Å². The SMILES string of the molecule is Cc1cc(Br)cc(C(=O)Cc2cc(Br)cc3c2OCC3)c1. The summed E-state index contributed by atoms with van der Waals surface area (Å²) in [6.45, 7) is 2.68. The molecular formula is C17H14Br2O2. The van der Waals surface area contributed by atoms with Crippen molar-refractivity contribution in [1.82, 2.24) is 0 Å². The van der Waals surface area contributed by atoms with Crippen LogP contribution in [0.3, 0.4) is 0 Å². The molecule has 0 saturated carbocycles. The third kappa shape index (κ3) is 3.22. The molecule has 2 aromatic carbocycles. The van der Waals surface area contributed by atoms with Crippen LogP contribution in [0.2, 0.25) is 0 Å². The molecule has 0 unspecified atom stereocenters. The number of ether oxygens (including phenoxy) is 1. The van der Waals surface area contributed by atoms with E-state index in [1.54, 1.807) is 0 Å². The monoisotopic (exact) mass is 408 g/mol. The van der Waals surface area contributed by atoms with Crippen molar-refractivity contribution in [2.75, 3.05) is 6.61 Å². The van der Waals surface area contributed by atoms with E-state index in [2.05, 4.69) is 37.9 Å². The van der Waals surface area contributed by atoms with Crippen molar-refractivity contribution in [3.05, 3.63) is 61.5 Å². The average Bonchev–Trinajstić information content (AvgIpc) is 2.85. The Morgan fingerprint density at radius 2 is 1.90 bits per heavy atom. The molecule has 0 aromatic heterocycles. The second kappa shape index (κ2) is 5.93. The number of fused-ring (bicyclic) bond motifs is 1. The lowest BCUT2D eigenvalue weighted by atomic mass is 9.99. The van der Waals surface area contributed by atoms with Gasteiger partial charge in [-0.25, -0.2) is 0 Å². The lowest BCUT2D eigenvalue weighted by molar-refractivity contribution is 0.0992. The van der Waals surface area contributed by atoms with Gasteiger partial charge in [-0.1, -0.05) is 31.9 Å². The lowest BCUT2D eigenvalue weighted by Crippen LogP contribution is -2.05. The highest BCUT2D eigenvalue weighted by Crippen LogP contribution is 2.33. The van der Waals surface area contributed by atoms with Gasteiger partial charge in [-0.05, 0) is 48.4 Å². The predicted octanol–water partition coefficient (Wildman–Crippen LogP) is 4.88. The van der Waals surface area contributed by atoms with Crippen LogP contribution in [0.5, 0.6) is 5.75 Å². The third-order valence-corrected chi connectivity index (χ3v) is 4.46. The Morgan fingerprint density at radius 3 is 2.67 bits per heavy atom. The number of aryl methyl sites for hydroxylation is 1. The van der Waals surface area contributed by atoms with E-state index in [1.165, 1.54) is 5.56 Å². The first-order valence-electron chi connectivity index (χ1n) is 6.77. The molecule has 3 rings (SSSR count). The number of Topliss-reactive ketones (excluding diaryl/α,β-unsaturated/α-hetero) is 1. The van der Waals surface area contributed by atoms with Gasteiger partial charge in [-0.3, -0.25) is 4.79 Å². The van der Waals surface area contributed by atoms with Crippen LogP contribution in [-0.4, -0.2) is 12.4 Å². The largest absolute Gasteiger partial charge is 0.493 e. The second-order valence-corrected chi connectivity index (χ2v) is 7.10. The molecule has 1 heterocycles. The van der Waals surface area contributed by atoms with E-state index in [0.717, 1.165) is 37.8 Å². The molecule has 0 amide bonds. The van der Waals surface area contributed by atoms with Gasteiger partial charge in [0.25, 0.3) is 0 Å². The normalized spacial score (nSPS) is 12.9. The Kier molecular flexibility index (Phi) is 4.18. The maximum Gasteiger partial charge on any atom is 0.167 e. The fourth-order valence-corrected chi connectivity index (χ4v) is 3.81. The first-order chi connectivity index (χ1) is 10.0. The topological polar surface area (TPSA) is 26.3 Å². The molecule has 0 aliphatic carbocycles. The van der Waals surface area contributed by atoms with Gasteiger partial charge in [0.15, 0.2) is 5.78 Å². The van der Waals surface area contributed by atoms with Gasteiger partial charge < -0.3 is 4.74 Å². The molecule has 0 bridgehead atoms. The fraction of sp³-hybridized carbons (Fsp3) is 0.235. The van der Waals surface area contributed by atoms with Crippen molar-refractivity contribution in [2.24, 2.45) is 0 Å². The summed E-state index contributed by atoms with van der Waals surface area (Å²) in [7, 11) is 0. The minimum absolute atomic E-state index is 0.107. The molecule has 2 nitrogen and oxygen atoms in total. The number of hydrogen-bond donors (Lipinski definition) is 0. The molecule has 2 aromatic rings. The molecule has 1 aliphatic heterocycles. The molecule has 0 fully saturated rings. The van der Waals surface area contributed by atoms with Crippen molar-refractivity contribution in [1.29, 1.82) is 0 Å². The molecule has 0 spiro atoms. The highest BCUT2D eigenvalue weighted by atomic mass is 79.9. The molecule has 108 valence electrons. The Morgan fingerprint density at radius 1 is 1.14 bits per heavy atom. The molecule has 0 saturated heterocycles. The summed E-state index contributed by atoms with van der Waals surface area (Å²) >= 11 is 6.95. The first-order valence-corrected chi connectivity index (χ1v) is 8.36. The maximum atomic E-state index is 12.5. The number of carbonyl (C=O) groups is 1. The Labute approximate surface area is 140 Å². The molecule has 21 heavy (non-hydrogen) atoms. The van der Waals surface area contributed by atoms with Gasteiger partial charge in [0, 0.05) is 32.9 Å². The summed E-state index contributed by atoms with van der Waals surface area (Å²) in [6, 6.07) is 9.84. The predicted molar refractivity (Wildman–Crippen MR) is 90.3 cm³/mol. The second-order valence-electron chi connectivity index (χ2n) is 5.27. The van der Waals surface area contributed by atoms with Crippen molar-refractivity contribution in [3.63, 3.8) is 0 Å². The summed E-state index contributed by atoms with van der Waals surface area (Å²) < 4.78 is 7.62. The van der Waals surface area contributed by atoms with Gasteiger partial charge >= 0.3 is 0 Å². The highest BCUT2D eigenvalue weighted by molar-refractivity contribution is 9.10. The standard InChI is InChI=1S/C17H14Br2O2/c1-10-4-12(7-14(18)5-10)16(20)9-13-8-15(19)6-11-2-3-21-17(11)13/h4-8H,2-3,9H2,1H3. The number of carbonyl (C=O) groups excluding carboxylic acids is 1. The van der Waals surface area contributed by atoms with E-state index in [-0.39, 0.29) is 5.78 Å². The Hall–Kier alpha value is -1.13. The Balaban J connectivity index is 1.92. The summed E-state index contributed by atoms with van der Waals surface area (Å²) in [5.41, 5.74) is 3.94. The van der Waals surface area contributed by atoms with Crippen molar-refractivity contribution in [3.8, 4) is 5.75 Å². The van der Waals surface area contributed by atoms with Gasteiger partial charge in [-0.15, -0.1) is 0 Å². The number of rotatable bonds is 3. The molecular weight excluding hydrogens is 396 g/mol. The van der Waals surface area contributed by atoms with E-state index < -0.39 is 0 Å². The first kappa shape index (κ1) is 14.8. The maximum absolute atomic E-state index is 12.5. The van der Waals surface area contributed by atoms with Crippen molar-refractivity contribution < 1.29 is 9.53 Å². The third-order valence-electron chi connectivity index (χ3n) is 3.54. The van der Waals surface area contributed by atoms with Crippen LogP contribution in [0.25, 0.3) is 0 Å². The number of benzene rings is 2. The zero-order valence-corrected chi connectivity index (χ0v) is 14.8. The quantitative estimate of drug-likeness (QED) is 0.675. The number of hydrogen-bond acceptors (Lipinski definition) is 2. The van der Waals surface area contributed by atoms with E-state index >= 15 is 0 Å². The smallest absolute Gasteiger partial charge is 0.167 e. The molecule has 4 heteroatoms. The molecule has 0 radical (unpaired) electrons. The minimum atomic E-state index is 0.107. The Bertz CT molecular complexity index is 703. The highest BCUT2D eigenvalue weighted by Gasteiger charge is 2.20. The molecule has 0 atom stereocenters. The van der Waals surface area contributed by atoms with Crippen LogP contribution in [0.4, 0.5) is 0 Å². The van der Waals surface area contributed by atoms with Crippen LogP contribution >= 0.6 is 31.9 Å². The molecule has 0 N–H and O–H groups in total. The van der Waals surface area contributed by atoms with E-state index in [4.69, 9.17) is 4.74 Å².